The standard InChI is InChI=1S/C15H21IN2O3Si/c1-20-15(19)13-6-5-11-12(16)9-18(14(11)17-13)10-21-7-8-22(2,3)4/h5-6,9H,7-8,10H2,1-4H3. The van der Waals surface area contributed by atoms with Crippen molar-refractivity contribution >= 4 is 47.7 Å². The van der Waals surface area contributed by atoms with Crippen molar-refractivity contribution in [2.75, 3.05) is 13.7 Å². The van der Waals surface area contributed by atoms with Gasteiger partial charge in [-0.25, -0.2) is 9.78 Å². The highest BCUT2D eigenvalue weighted by atomic mass is 127. The van der Waals surface area contributed by atoms with E-state index in [0.29, 0.717) is 12.4 Å². The van der Waals surface area contributed by atoms with Crippen LogP contribution in [-0.4, -0.2) is 37.3 Å². The van der Waals surface area contributed by atoms with Crippen molar-refractivity contribution in [3.05, 3.63) is 27.6 Å². The number of methoxy groups -OCH3 is 1. The van der Waals surface area contributed by atoms with E-state index in [4.69, 9.17) is 9.47 Å². The summed E-state index contributed by atoms with van der Waals surface area (Å²) in [5.41, 5.74) is 1.06. The molecule has 7 heteroatoms. The zero-order valence-electron chi connectivity index (χ0n) is 13.4. The molecule has 0 atom stereocenters. The lowest BCUT2D eigenvalue weighted by molar-refractivity contribution is 0.0593. The summed E-state index contributed by atoms with van der Waals surface area (Å²) in [6, 6.07) is 4.71. The monoisotopic (exact) mass is 432 g/mol. The molecule has 0 saturated carbocycles. The molecule has 0 fully saturated rings. The van der Waals surface area contributed by atoms with Crippen molar-refractivity contribution in [2.24, 2.45) is 0 Å². The Kier molecular flexibility index (Phi) is 5.62. The van der Waals surface area contributed by atoms with E-state index in [0.717, 1.165) is 27.3 Å². The molecule has 0 bridgehead atoms. The van der Waals surface area contributed by atoms with E-state index < -0.39 is 14.0 Å². The van der Waals surface area contributed by atoms with Crippen LogP contribution in [0.3, 0.4) is 0 Å². The molecule has 0 spiro atoms. The smallest absolute Gasteiger partial charge is 0.356 e. The lowest BCUT2D eigenvalue weighted by Gasteiger charge is -2.15. The first-order chi connectivity index (χ1) is 10.3. The van der Waals surface area contributed by atoms with E-state index in [9.17, 15) is 4.79 Å². The molecule has 2 rings (SSSR count). The third kappa shape index (κ3) is 4.29. The average Bonchev–Trinajstić information content (AvgIpc) is 2.78. The van der Waals surface area contributed by atoms with E-state index in [1.54, 1.807) is 6.07 Å². The number of pyridine rings is 1. The second kappa shape index (κ2) is 7.09. The Morgan fingerprint density at radius 1 is 1.36 bits per heavy atom. The molecular weight excluding hydrogens is 411 g/mol. The van der Waals surface area contributed by atoms with Gasteiger partial charge in [0.05, 0.1) is 7.11 Å². The number of esters is 1. The molecule has 0 N–H and O–H groups in total. The summed E-state index contributed by atoms with van der Waals surface area (Å²) in [6.45, 7) is 8.18. The Balaban J connectivity index is 2.17. The summed E-state index contributed by atoms with van der Waals surface area (Å²) < 4.78 is 13.5. The number of rotatable bonds is 6. The fraction of sp³-hybridized carbons (Fsp3) is 0.467. The Morgan fingerprint density at radius 2 is 2.09 bits per heavy atom. The van der Waals surface area contributed by atoms with Gasteiger partial charge in [-0.2, -0.15) is 0 Å². The van der Waals surface area contributed by atoms with Crippen LogP contribution < -0.4 is 0 Å². The molecule has 0 aliphatic carbocycles. The molecule has 0 saturated heterocycles. The number of ether oxygens (including phenoxy) is 2. The van der Waals surface area contributed by atoms with Crippen molar-refractivity contribution < 1.29 is 14.3 Å². The maximum absolute atomic E-state index is 11.6. The summed E-state index contributed by atoms with van der Waals surface area (Å²) >= 11 is 2.27. The normalized spacial score (nSPS) is 11.9. The lowest BCUT2D eigenvalue weighted by Crippen LogP contribution is -2.22. The Morgan fingerprint density at radius 3 is 2.73 bits per heavy atom. The van der Waals surface area contributed by atoms with Crippen LogP contribution >= 0.6 is 22.6 Å². The minimum Gasteiger partial charge on any atom is -0.464 e. The molecule has 2 heterocycles. The topological polar surface area (TPSA) is 53.4 Å². The van der Waals surface area contributed by atoms with E-state index in [2.05, 4.69) is 47.2 Å². The van der Waals surface area contributed by atoms with Gasteiger partial charge in [0.1, 0.15) is 12.4 Å². The molecule has 120 valence electrons. The van der Waals surface area contributed by atoms with Gasteiger partial charge in [-0.05, 0) is 40.8 Å². The van der Waals surface area contributed by atoms with Gasteiger partial charge in [-0.3, -0.25) is 0 Å². The Labute approximate surface area is 145 Å². The number of carbonyl (C=O) groups is 1. The Hall–Kier alpha value is -0.933. The van der Waals surface area contributed by atoms with E-state index in [-0.39, 0.29) is 0 Å². The zero-order chi connectivity index (χ0) is 16.3. The van der Waals surface area contributed by atoms with Crippen LogP contribution in [0.5, 0.6) is 0 Å². The van der Waals surface area contributed by atoms with Crippen molar-refractivity contribution in [2.45, 2.75) is 32.4 Å². The quantitative estimate of drug-likeness (QED) is 0.302. The summed E-state index contributed by atoms with van der Waals surface area (Å²) in [6.07, 6.45) is 1.99. The second-order valence-electron chi connectivity index (χ2n) is 6.35. The van der Waals surface area contributed by atoms with Gasteiger partial charge in [-0.15, -0.1) is 0 Å². The fourth-order valence-corrected chi connectivity index (χ4v) is 3.49. The molecule has 0 radical (unpaired) electrons. The first-order valence-electron chi connectivity index (χ1n) is 7.13. The van der Waals surface area contributed by atoms with Gasteiger partial charge in [0.15, 0.2) is 5.69 Å². The summed E-state index contributed by atoms with van der Waals surface area (Å²) in [4.78, 5) is 16.0. The maximum Gasteiger partial charge on any atom is 0.356 e. The number of hydrogen-bond acceptors (Lipinski definition) is 4. The summed E-state index contributed by atoms with van der Waals surface area (Å²) in [5.74, 6) is -0.427. The minimum absolute atomic E-state index is 0.313. The summed E-state index contributed by atoms with van der Waals surface area (Å²) in [5, 5.41) is 1.02. The van der Waals surface area contributed by atoms with Crippen LogP contribution in [-0.2, 0) is 16.2 Å². The zero-order valence-corrected chi connectivity index (χ0v) is 16.5. The van der Waals surface area contributed by atoms with Gasteiger partial charge < -0.3 is 14.0 Å². The average molecular weight is 432 g/mol. The second-order valence-corrected chi connectivity index (χ2v) is 13.1. The van der Waals surface area contributed by atoms with Crippen molar-refractivity contribution in [1.29, 1.82) is 0 Å². The van der Waals surface area contributed by atoms with Crippen LogP contribution in [0.4, 0.5) is 0 Å². The number of halogens is 1. The van der Waals surface area contributed by atoms with Crippen molar-refractivity contribution in [3.8, 4) is 0 Å². The fourth-order valence-electron chi connectivity index (χ4n) is 1.98. The highest BCUT2D eigenvalue weighted by Crippen LogP contribution is 2.22. The van der Waals surface area contributed by atoms with Crippen LogP contribution in [0, 0.1) is 3.57 Å². The van der Waals surface area contributed by atoms with Gasteiger partial charge in [0.25, 0.3) is 0 Å². The highest BCUT2D eigenvalue weighted by Gasteiger charge is 2.14. The van der Waals surface area contributed by atoms with Crippen LogP contribution in [0.1, 0.15) is 10.5 Å². The molecule has 2 aromatic rings. The maximum atomic E-state index is 11.6. The third-order valence-electron chi connectivity index (χ3n) is 3.29. The lowest BCUT2D eigenvalue weighted by atomic mass is 10.3. The molecule has 0 amide bonds. The van der Waals surface area contributed by atoms with Crippen LogP contribution in [0.15, 0.2) is 18.3 Å². The molecule has 5 nitrogen and oxygen atoms in total. The Bertz CT molecular complexity index is 679. The predicted molar refractivity (Wildman–Crippen MR) is 97.9 cm³/mol. The van der Waals surface area contributed by atoms with Gasteiger partial charge in [-0.1, -0.05) is 19.6 Å². The molecule has 22 heavy (non-hydrogen) atoms. The predicted octanol–water partition coefficient (Wildman–Crippen LogP) is 3.74. The van der Waals surface area contributed by atoms with Gasteiger partial charge in [0.2, 0.25) is 0 Å². The van der Waals surface area contributed by atoms with Gasteiger partial charge >= 0.3 is 5.97 Å². The molecule has 0 aliphatic heterocycles. The number of nitrogens with zero attached hydrogens (tertiary/aromatic N) is 2. The van der Waals surface area contributed by atoms with E-state index in [1.807, 2.05) is 16.8 Å². The van der Waals surface area contributed by atoms with E-state index in [1.165, 1.54) is 7.11 Å². The number of hydrogen-bond donors (Lipinski definition) is 0. The van der Waals surface area contributed by atoms with Crippen molar-refractivity contribution in [3.63, 3.8) is 0 Å². The minimum atomic E-state index is -1.09. The number of carbonyl (C=O) groups excluding carboxylic acids is 1. The highest BCUT2D eigenvalue weighted by molar-refractivity contribution is 14.1. The largest absolute Gasteiger partial charge is 0.464 e. The van der Waals surface area contributed by atoms with Crippen LogP contribution in [0.2, 0.25) is 25.7 Å². The molecule has 0 unspecified atom stereocenters. The van der Waals surface area contributed by atoms with Gasteiger partial charge in [0, 0.05) is 29.8 Å². The molecular formula is C15H21IN2O3Si. The van der Waals surface area contributed by atoms with Crippen molar-refractivity contribution in [1.82, 2.24) is 9.55 Å². The van der Waals surface area contributed by atoms with E-state index >= 15 is 0 Å². The first kappa shape index (κ1) is 17.4. The molecule has 0 aliphatic rings. The summed E-state index contributed by atoms with van der Waals surface area (Å²) in [7, 11) is 0.272. The van der Waals surface area contributed by atoms with Crippen LogP contribution in [0.25, 0.3) is 11.0 Å². The SMILES string of the molecule is COC(=O)c1ccc2c(I)cn(COCC[Si](C)(C)C)c2n1. The third-order valence-corrected chi connectivity index (χ3v) is 5.86. The molecule has 0 aromatic carbocycles. The number of fused-ring (bicyclic) bond motifs is 1. The first-order valence-corrected chi connectivity index (χ1v) is 11.9. The molecule has 2 aromatic heterocycles. The number of aromatic nitrogens is 2.